The highest BCUT2D eigenvalue weighted by atomic mass is 35.5. The van der Waals surface area contributed by atoms with Crippen LogP contribution in [0.5, 0.6) is 5.75 Å². The molecule has 0 aromatic heterocycles. The molecule has 1 aromatic carbocycles. The van der Waals surface area contributed by atoms with Crippen molar-refractivity contribution in [1.29, 1.82) is 0 Å². The van der Waals surface area contributed by atoms with E-state index in [4.69, 9.17) is 11.6 Å². The molecule has 3 heteroatoms. The Balaban J connectivity index is 2.93. The van der Waals surface area contributed by atoms with E-state index in [9.17, 15) is 5.11 Å². The van der Waals surface area contributed by atoms with Crippen LogP contribution in [0.2, 0.25) is 5.02 Å². The Morgan fingerprint density at radius 1 is 1.55 bits per heavy atom. The van der Waals surface area contributed by atoms with Crippen molar-refractivity contribution in [3.63, 3.8) is 0 Å². The van der Waals surface area contributed by atoms with Crippen LogP contribution < -0.4 is 5.32 Å². The summed E-state index contributed by atoms with van der Waals surface area (Å²) in [5.74, 6) is 0.273. The molecule has 3 N–H and O–H groups in total. The third kappa shape index (κ3) is 2.10. The Labute approximate surface area is 70.8 Å². The summed E-state index contributed by atoms with van der Waals surface area (Å²) in [4.78, 5) is 0. The lowest BCUT2D eigenvalue weighted by atomic mass is 10.2. The smallest absolute Gasteiger partial charge is 0.124 e. The number of phenols is 1. The molecule has 60 valence electrons. The lowest BCUT2D eigenvalue weighted by Crippen LogP contribution is -2.74. The van der Waals surface area contributed by atoms with Gasteiger partial charge in [0.1, 0.15) is 5.75 Å². The lowest BCUT2D eigenvalue weighted by molar-refractivity contribution is -0.612. The Morgan fingerprint density at radius 3 is 2.91 bits per heavy atom. The van der Waals surface area contributed by atoms with Crippen LogP contribution in [0.3, 0.4) is 0 Å². The minimum atomic E-state index is 0.273. The van der Waals surface area contributed by atoms with Crippen LogP contribution in [0.4, 0.5) is 0 Å². The van der Waals surface area contributed by atoms with Gasteiger partial charge in [-0.25, -0.2) is 0 Å². The number of hydrogen-bond acceptors (Lipinski definition) is 1. The maximum absolute atomic E-state index is 9.26. The molecule has 11 heavy (non-hydrogen) atoms. The van der Waals surface area contributed by atoms with E-state index in [2.05, 4.69) is 7.05 Å². The molecule has 0 unspecified atom stereocenters. The minimum Gasteiger partial charge on any atom is -0.507 e. The van der Waals surface area contributed by atoms with E-state index >= 15 is 0 Å². The molecule has 1 aromatic rings. The lowest BCUT2D eigenvalue weighted by Gasteiger charge is -2.03. The number of hydrogen-bond donors (Lipinski definition) is 2. The number of quaternary nitrogens is 1. The summed E-state index contributed by atoms with van der Waals surface area (Å²) in [6, 6.07) is 4.98. The van der Waals surface area contributed by atoms with Crippen LogP contribution in [0.1, 0.15) is 5.56 Å². The van der Waals surface area contributed by atoms with Crippen LogP contribution >= 0.6 is 11.6 Å². The van der Waals surface area contributed by atoms with Crippen LogP contribution in [0, 0.1) is 7.05 Å². The standard InChI is InChI=1S/C8H10ClNO/c1-10-5-6-4-7(9)2-3-8(6)11/h2-4,11H,1,5,10H2. The SMILES string of the molecule is [CH2-][NH2+]Cc1cc(Cl)ccc1O. The van der Waals surface area contributed by atoms with E-state index in [1.807, 2.05) is 0 Å². The van der Waals surface area contributed by atoms with Crippen LogP contribution in [0.15, 0.2) is 18.2 Å². The van der Waals surface area contributed by atoms with Crippen molar-refractivity contribution in [2.45, 2.75) is 6.54 Å². The normalized spacial score (nSPS) is 10.0. The number of phenolic OH excluding ortho intramolecular Hbond substituents is 1. The van der Waals surface area contributed by atoms with Crippen LogP contribution in [-0.4, -0.2) is 5.11 Å². The highest BCUT2D eigenvalue weighted by Gasteiger charge is 2.00. The van der Waals surface area contributed by atoms with Crippen LogP contribution in [0.25, 0.3) is 0 Å². The highest BCUT2D eigenvalue weighted by molar-refractivity contribution is 6.30. The first kappa shape index (κ1) is 8.37. The second-order valence-electron chi connectivity index (χ2n) is 2.27. The molecule has 0 fully saturated rings. The molecule has 0 aliphatic heterocycles. The fourth-order valence-electron chi connectivity index (χ4n) is 0.873. The van der Waals surface area contributed by atoms with Gasteiger partial charge in [-0.05, 0) is 18.2 Å². The zero-order chi connectivity index (χ0) is 8.27. The quantitative estimate of drug-likeness (QED) is 0.638. The first-order valence-corrected chi connectivity index (χ1v) is 3.70. The fraction of sp³-hybridized carbons (Fsp3) is 0.125. The average Bonchev–Trinajstić information content (AvgIpc) is 1.98. The van der Waals surface area contributed by atoms with E-state index in [0.717, 1.165) is 5.56 Å². The monoisotopic (exact) mass is 171 g/mol. The van der Waals surface area contributed by atoms with Gasteiger partial charge in [-0.1, -0.05) is 11.6 Å². The number of aromatic hydroxyl groups is 1. The summed E-state index contributed by atoms with van der Waals surface area (Å²) in [7, 11) is 3.57. The third-order valence-corrected chi connectivity index (χ3v) is 1.64. The van der Waals surface area contributed by atoms with Crippen molar-refractivity contribution in [3.8, 4) is 5.75 Å². The Hall–Kier alpha value is -0.730. The van der Waals surface area contributed by atoms with E-state index in [1.54, 1.807) is 23.5 Å². The van der Waals surface area contributed by atoms with Crippen molar-refractivity contribution in [2.24, 2.45) is 0 Å². The minimum absolute atomic E-state index is 0.273. The predicted octanol–water partition coefficient (Wildman–Crippen LogP) is 0.901. The molecule has 0 bridgehead atoms. The molecule has 0 atom stereocenters. The summed E-state index contributed by atoms with van der Waals surface area (Å²) < 4.78 is 0. The number of nitrogens with two attached hydrogens (primary N) is 1. The summed E-state index contributed by atoms with van der Waals surface area (Å²) >= 11 is 5.71. The van der Waals surface area contributed by atoms with Gasteiger partial charge in [0.2, 0.25) is 0 Å². The Bertz CT molecular complexity index is 250. The molecule has 0 radical (unpaired) electrons. The fourth-order valence-corrected chi connectivity index (χ4v) is 1.07. The number of benzene rings is 1. The van der Waals surface area contributed by atoms with Gasteiger partial charge in [-0.2, -0.15) is 7.05 Å². The molecule has 2 nitrogen and oxygen atoms in total. The summed E-state index contributed by atoms with van der Waals surface area (Å²) in [5, 5.41) is 11.6. The van der Waals surface area contributed by atoms with Gasteiger partial charge in [0.15, 0.2) is 0 Å². The Kier molecular flexibility index (Phi) is 2.74. The molecule has 1 rings (SSSR count). The van der Waals surface area contributed by atoms with Crippen LogP contribution in [-0.2, 0) is 6.54 Å². The third-order valence-electron chi connectivity index (χ3n) is 1.41. The van der Waals surface area contributed by atoms with Crippen molar-refractivity contribution in [3.05, 3.63) is 35.8 Å². The summed E-state index contributed by atoms with van der Waals surface area (Å²) in [6.07, 6.45) is 0. The molecule has 0 spiro atoms. The zero-order valence-corrected chi connectivity index (χ0v) is 6.80. The van der Waals surface area contributed by atoms with Gasteiger partial charge >= 0.3 is 0 Å². The molecule has 0 aliphatic carbocycles. The predicted molar refractivity (Wildman–Crippen MR) is 44.1 cm³/mol. The zero-order valence-electron chi connectivity index (χ0n) is 6.05. The van der Waals surface area contributed by atoms with Gasteiger partial charge in [0.25, 0.3) is 0 Å². The first-order chi connectivity index (χ1) is 5.24. The second kappa shape index (κ2) is 3.60. The van der Waals surface area contributed by atoms with Crippen molar-refractivity contribution in [1.82, 2.24) is 0 Å². The maximum atomic E-state index is 9.26. The van der Waals surface area contributed by atoms with E-state index in [-0.39, 0.29) is 5.75 Å². The van der Waals surface area contributed by atoms with Crippen molar-refractivity contribution < 1.29 is 10.4 Å². The molecule has 0 saturated heterocycles. The molecule has 0 amide bonds. The van der Waals surface area contributed by atoms with Crippen molar-refractivity contribution >= 4 is 11.6 Å². The van der Waals surface area contributed by atoms with E-state index < -0.39 is 0 Å². The van der Waals surface area contributed by atoms with Gasteiger partial charge in [0, 0.05) is 10.6 Å². The topological polar surface area (TPSA) is 36.8 Å². The number of halogens is 1. The van der Waals surface area contributed by atoms with Crippen molar-refractivity contribution in [2.75, 3.05) is 0 Å². The molecule has 0 saturated carbocycles. The highest BCUT2D eigenvalue weighted by Crippen LogP contribution is 2.20. The molecular weight excluding hydrogens is 162 g/mol. The Morgan fingerprint density at radius 2 is 2.27 bits per heavy atom. The second-order valence-corrected chi connectivity index (χ2v) is 2.70. The summed E-state index contributed by atoms with van der Waals surface area (Å²) in [5.41, 5.74) is 0.813. The largest absolute Gasteiger partial charge is 0.507 e. The van der Waals surface area contributed by atoms with E-state index in [0.29, 0.717) is 11.6 Å². The molecular formula is C8H10ClNO. The summed E-state index contributed by atoms with van der Waals surface area (Å²) in [6.45, 7) is 0.645. The van der Waals surface area contributed by atoms with E-state index in [1.165, 1.54) is 0 Å². The first-order valence-electron chi connectivity index (χ1n) is 3.32. The average molecular weight is 172 g/mol. The number of rotatable bonds is 2. The molecule has 0 aliphatic rings. The van der Waals surface area contributed by atoms with Gasteiger partial charge < -0.3 is 10.4 Å². The van der Waals surface area contributed by atoms with Gasteiger partial charge in [-0.3, -0.25) is 0 Å². The van der Waals surface area contributed by atoms with Gasteiger partial charge in [0.05, 0.1) is 6.54 Å². The molecule has 0 heterocycles. The van der Waals surface area contributed by atoms with Gasteiger partial charge in [-0.15, -0.1) is 0 Å². The maximum Gasteiger partial charge on any atom is 0.124 e.